The van der Waals surface area contributed by atoms with Crippen molar-refractivity contribution in [3.05, 3.63) is 82.0 Å². The van der Waals surface area contributed by atoms with E-state index in [0.29, 0.717) is 29.2 Å². The molecule has 1 aliphatic rings. The van der Waals surface area contributed by atoms with Gasteiger partial charge in [0.1, 0.15) is 11.4 Å². The number of alkyl halides is 1. The van der Waals surface area contributed by atoms with Crippen molar-refractivity contribution in [3.8, 4) is 0 Å². The van der Waals surface area contributed by atoms with Crippen LogP contribution in [0.15, 0.2) is 48.5 Å². The Hall–Kier alpha value is -3.32. The summed E-state index contributed by atoms with van der Waals surface area (Å²) in [6.45, 7) is 5.99. The minimum atomic E-state index is -0.388. The Morgan fingerprint density at radius 2 is 1.88 bits per heavy atom. The zero-order valence-electron chi connectivity index (χ0n) is 19.0. The van der Waals surface area contributed by atoms with Gasteiger partial charge < -0.3 is 15.0 Å². The molecule has 0 aliphatic carbocycles. The number of methoxy groups -OCH3 is 1. The Kier molecular flexibility index (Phi) is 6.70. The fourth-order valence-electron chi connectivity index (χ4n) is 4.20. The van der Waals surface area contributed by atoms with Crippen molar-refractivity contribution in [2.45, 2.75) is 38.9 Å². The van der Waals surface area contributed by atoms with E-state index in [9.17, 15) is 9.59 Å². The van der Waals surface area contributed by atoms with E-state index in [0.717, 1.165) is 35.6 Å². The van der Waals surface area contributed by atoms with E-state index in [-0.39, 0.29) is 17.9 Å². The van der Waals surface area contributed by atoms with Crippen LogP contribution in [0.4, 0.5) is 5.82 Å². The minimum absolute atomic E-state index is 0.167. The molecule has 172 valence electrons. The first-order valence-electron chi connectivity index (χ1n) is 10.9. The zero-order valence-corrected chi connectivity index (χ0v) is 19.7. The van der Waals surface area contributed by atoms with Gasteiger partial charge in [0.2, 0.25) is 0 Å². The third-order valence-electron chi connectivity index (χ3n) is 5.91. The summed E-state index contributed by atoms with van der Waals surface area (Å²) < 4.78 is 6.65. The first-order chi connectivity index (χ1) is 15.9. The van der Waals surface area contributed by atoms with Crippen molar-refractivity contribution in [2.75, 3.05) is 18.6 Å². The normalized spacial score (nSPS) is 13.5. The van der Waals surface area contributed by atoms with E-state index in [2.05, 4.69) is 27.4 Å². The molecular weight excluding hydrogens is 440 g/mol. The number of rotatable bonds is 7. The fraction of sp³-hybridized carbons (Fsp3) is 0.320. The summed E-state index contributed by atoms with van der Waals surface area (Å²) in [7, 11) is 1.35. The predicted octanol–water partition coefficient (Wildman–Crippen LogP) is 4.23. The number of nitrogens with zero attached hydrogens (tertiary/aromatic N) is 3. The molecule has 1 aliphatic heterocycles. The van der Waals surface area contributed by atoms with Gasteiger partial charge in [-0.15, -0.1) is 11.6 Å². The molecule has 0 fully saturated rings. The highest BCUT2D eigenvalue weighted by Crippen LogP contribution is 2.30. The number of hydrogen-bond acceptors (Lipinski definition) is 5. The second-order valence-corrected chi connectivity index (χ2v) is 8.46. The van der Waals surface area contributed by atoms with Crippen LogP contribution in [0.5, 0.6) is 0 Å². The van der Waals surface area contributed by atoms with E-state index < -0.39 is 0 Å². The third-order valence-corrected chi connectivity index (χ3v) is 6.22. The number of amides is 1. The number of hydrogen-bond donors (Lipinski definition) is 1. The first-order valence-corrected chi connectivity index (χ1v) is 11.4. The molecule has 33 heavy (non-hydrogen) atoms. The third kappa shape index (κ3) is 4.73. The van der Waals surface area contributed by atoms with E-state index in [1.165, 1.54) is 7.11 Å². The van der Waals surface area contributed by atoms with Gasteiger partial charge in [-0.2, -0.15) is 5.10 Å². The zero-order chi connectivity index (χ0) is 23.5. The first kappa shape index (κ1) is 22.9. The van der Waals surface area contributed by atoms with Gasteiger partial charge in [-0.1, -0.05) is 36.4 Å². The van der Waals surface area contributed by atoms with Gasteiger partial charge in [-0.25, -0.2) is 9.48 Å². The van der Waals surface area contributed by atoms with Gasteiger partial charge >= 0.3 is 5.97 Å². The molecule has 1 atom stereocenters. The van der Waals surface area contributed by atoms with Gasteiger partial charge in [0.25, 0.3) is 5.91 Å². The molecule has 1 N–H and O–H groups in total. The number of halogens is 1. The van der Waals surface area contributed by atoms with Crippen molar-refractivity contribution in [2.24, 2.45) is 0 Å². The molecule has 0 radical (unpaired) electrons. The quantitative estimate of drug-likeness (QED) is 0.416. The van der Waals surface area contributed by atoms with Crippen molar-refractivity contribution in [1.29, 1.82) is 0 Å². The van der Waals surface area contributed by atoms with Crippen LogP contribution in [0.1, 0.15) is 56.1 Å². The summed E-state index contributed by atoms with van der Waals surface area (Å²) in [4.78, 5) is 27.2. The Balaban J connectivity index is 1.52. The lowest BCUT2D eigenvalue weighted by Crippen LogP contribution is -2.29. The van der Waals surface area contributed by atoms with Gasteiger partial charge in [0.15, 0.2) is 0 Å². The predicted molar refractivity (Wildman–Crippen MR) is 128 cm³/mol. The van der Waals surface area contributed by atoms with Crippen LogP contribution in [0.25, 0.3) is 0 Å². The molecule has 8 heteroatoms. The molecular formula is C25H27ClN4O3. The Morgan fingerprint density at radius 1 is 1.15 bits per heavy atom. The number of esters is 1. The summed E-state index contributed by atoms with van der Waals surface area (Å²) >= 11 is 5.99. The lowest BCUT2D eigenvalue weighted by molar-refractivity contribution is 0.0600. The summed E-state index contributed by atoms with van der Waals surface area (Å²) in [5.74, 6) is 0.757. The number of benzene rings is 2. The number of carbonyl (C=O) groups is 2. The Bertz CT molecular complexity index is 1170. The Labute approximate surface area is 198 Å². The molecule has 1 aromatic heterocycles. The number of aryl methyl sites for hydroxylation is 1. The molecule has 0 unspecified atom stereocenters. The van der Waals surface area contributed by atoms with Gasteiger partial charge in [0, 0.05) is 19.0 Å². The maximum atomic E-state index is 13.3. The topological polar surface area (TPSA) is 76.5 Å². The van der Waals surface area contributed by atoms with E-state index in [4.69, 9.17) is 16.3 Å². The number of fused-ring (bicyclic) bond motifs is 1. The molecule has 4 rings (SSSR count). The van der Waals surface area contributed by atoms with Crippen molar-refractivity contribution in [3.63, 3.8) is 0 Å². The number of carbonyl (C=O) groups excluding carboxylic acids is 2. The highest BCUT2D eigenvalue weighted by atomic mass is 35.5. The van der Waals surface area contributed by atoms with Crippen molar-refractivity contribution in [1.82, 2.24) is 15.1 Å². The number of ether oxygens (including phenoxy) is 1. The van der Waals surface area contributed by atoms with Crippen LogP contribution in [0, 0.1) is 6.92 Å². The Morgan fingerprint density at radius 3 is 2.58 bits per heavy atom. The number of anilines is 1. The monoisotopic (exact) mass is 466 g/mol. The molecule has 0 bridgehead atoms. The molecule has 0 spiro atoms. The highest BCUT2D eigenvalue weighted by Gasteiger charge is 2.30. The molecule has 1 amide bonds. The second-order valence-electron chi connectivity index (χ2n) is 8.19. The molecule has 7 nitrogen and oxygen atoms in total. The number of aromatic nitrogens is 2. The average molecular weight is 467 g/mol. The second kappa shape index (κ2) is 9.67. The van der Waals surface area contributed by atoms with E-state index in [1.54, 1.807) is 12.1 Å². The lowest BCUT2D eigenvalue weighted by atomic mass is 10.1. The van der Waals surface area contributed by atoms with Crippen molar-refractivity contribution < 1.29 is 14.3 Å². The minimum Gasteiger partial charge on any atom is -0.465 e. The lowest BCUT2D eigenvalue weighted by Gasteiger charge is -2.20. The number of nitrogens with one attached hydrogen (secondary N) is 1. The van der Waals surface area contributed by atoms with Crippen LogP contribution in [-0.2, 0) is 23.7 Å². The largest absolute Gasteiger partial charge is 0.465 e. The standard InChI is InChI=1S/C25H27ClN4O3/c1-16(20-7-9-21(10-8-20)25(32)33-3)27-23(31)22-17(2)28-30-12-11-29(24(22)30)15-19-6-4-5-18(13-19)14-26/h4-10,13,16H,11-12,14-15H2,1-3H3,(H,27,31)/t16-/m0/s1. The van der Waals surface area contributed by atoms with Gasteiger partial charge in [-0.05, 0) is 42.7 Å². The molecule has 2 aromatic carbocycles. The summed E-state index contributed by atoms with van der Waals surface area (Å²) in [5.41, 5.74) is 4.88. The maximum absolute atomic E-state index is 13.3. The summed E-state index contributed by atoms with van der Waals surface area (Å²) in [6, 6.07) is 15.0. The van der Waals surface area contributed by atoms with Crippen LogP contribution in [-0.4, -0.2) is 35.3 Å². The highest BCUT2D eigenvalue weighted by molar-refractivity contribution is 6.17. The van der Waals surface area contributed by atoms with E-state index >= 15 is 0 Å². The van der Waals surface area contributed by atoms with Crippen molar-refractivity contribution >= 4 is 29.3 Å². The van der Waals surface area contributed by atoms with Gasteiger partial charge in [-0.3, -0.25) is 4.79 Å². The molecule has 0 saturated carbocycles. The fourth-order valence-corrected chi connectivity index (χ4v) is 4.36. The molecule has 2 heterocycles. The smallest absolute Gasteiger partial charge is 0.337 e. The van der Waals surface area contributed by atoms with Gasteiger partial charge in [0.05, 0.1) is 31.0 Å². The van der Waals surface area contributed by atoms with Crippen LogP contribution in [0.2, 0.25) is 0 Å². The molecule has 3 aromatic rings. The van der Waals surface area contributed by atoms with Crippen LogP contribution < -0.4 is 10.2 Å². The van der Waals surface area contributed by atoms with Crippen LogP contribution >= 0.6 is 11.6 Å². The van der Waals surface area contributed by atoms with Crippen LogP contribution in [0.3, 0.4) is 0 Å². The SMILES string of the molecule is COC(=O)c1ccc([C@H](C)NC(=O)c2c(C)nn3c2N(Cc2cccc(CCl)c2)CC3)cc1. The maximum Gasteiger partial charge on any atom is 0.337 e. The average Bonchev–Trinajstić information content (AvgIpc) is 3.36. The summed E-state index contributed by atoms with van der Waals surface area (Å²) in [6.07, 6.45) is 0. The molecule has 0 saturated heterocycles. The van der Waals surface area contributed by atoms with E-state index in [1.807, 2.05) is 42.8 Å². The summed E-state index contributed by atoms with van der Waals surface area (Å²) in [5, 5.41) is 7.68.